The molecule has 2 heterocycles. The number of hydrogen-bond acceptors (Lipinski definition) is 4. The van der Waals surface area contributed by atoms with E-state index >= 15 is 0 Å². The Morgan fingerprint density at radius 1 is 1.25 bits per heavy atom. The standard InChI is InChI=1S/C22H25N3O3/c1-4-18-7-9-20(10-8-18)28-15-22(26)24-23-13-19-12-16(2)25(17(19)3)14-21-6-5-11-27-21/h5-13H,4,14-15H2,1-3H3,(H,24,26)/b23-13-. The van der Waals surface area contributed by atoms with Gasteiger partial charge in [0.05, 0.1) is 19.0 Å². The van der Waals surface area contributed by atoms with E-state index in [1.54, 1.807) is 12.5 Å². The Morgan fingerprint density at radius 2 is 2.04 bits per heavy atom. The number of amides is 1. The number of carbonyl (C=O) groups is 1. The maximum Gasteiger partial charge on any atom is 0.277 e. The summed E-state index contributed by atoms with van der Waals surface area (Å²) in [6.45, 7) is 6.72. The number of aromatic nitrogens is 1. The van der Waals surface area contributed by atoms with Crippen molar-refractivity contribution in [1.29, 1.82) is 0 Å². The van der Waals surface area contributed by atoms with Crippen molar-refractivity contribution in [3.63, 3.8) is 0 Å². The van der Waals surface area contributed by atoms with Gasteiger partial charge in [0.2, 0.25) is 0 Å². The lowest BCUT2D eigenvalue weighted by Crippen LogP contribution is -2.24. The summed E-state index contributed by atoms with van der Waals surface area (Å²) in [4.78, 5) is 11.9. The minimum atomic E-state index is -0.305. The van der Waals surface area contributed by atoms with Crippen LogP contribution in [0.4, 0.5) is 0 Å². The van der Waals surface area contributed by atoms with Crippen LogP contribution in [-0.4, -0.2) is 23.3 Å². The van der Waals surface area contributed by atoms with Crippen molar-refractivity contribution < 1.29 is 13.9 Å². The summed E-state index contributed by atoms with van der Waals surface area (Å²) in [5.41, 5.74) is 6.83. The fourth-order valence-corrected chi connectivity index (χ4v) is 2.94. The highest BCUT2D eigenvalue weighted by molar-refractivity contribution is 5.84. The summed E-state index contributed by atoms with van der Waals surface area (Å²) >= 11 is 0. The van der Waals surface area contributed by atoms with E-state index in [4.69, 9.17) is 9.15 Å². The molecule has 0 aliphatic rings. The van der Waals surface area contributed by atoms with E-state index in [1.807, 2.05) is 56.3 Å². The second kappa shape index (κ2) is 9.08. The Kier molecular flexibility index (Phi) is 6.32. The molecule has 0 spiro atoms. The fraction of sp³-hybridized carbons (Fsp3) is 0.273. The van der Waals surface area contributed by atoms with Gasteiger partial charge in [-0.15, -0.1) is 0 Å². The number of hydrogen-bond donors (Lipinski definition) is 1. The van der Waals surface area contributed by atoms with Gasteiger partial charge in [-0.25, -0.2) is 5.43 Å². The van der Waals surface area contributed by atoms with E-state index < -0.39 is 0 Å². The number of nitrogens with one attached hydrogen (secondary N) is 1. The average Bonchev–Trinajstić information content (AvgIpc) is 3.31. The van der Waals surface area contributed by atoms with E-state index in [0.29, 0.717) is 12.3 Å². The summed E-state index contributed by atoms with van der Waals surface area (Å²) in [6, 6.07) is 13.6. The number of ether oxygens (including phenoxy) is 1. The molecular formula is C22H25N3O3. The first-order chi connectivity index (χ1) is 13.6. The van der Waals surface area contributed by atoms with Crippen molar-refractivity contribution >= 4 is 12.1 Å². The van der Waals surface area contributed by atoms with Crippen molar-refractivity contribution in [3.8, 4) is 5.75 Å². The van der Waals surface area contributed by atoms with Gasteiger partial charge < -0.3 is 13.7 Å². The predicted octanol–water partition coefficient (Wildman–Crippen LogP) is 3.84. The summed E-state index contributed by atoms with van der Waals surface area (Å²) in [5, 5.41) is 4.05. The number of aryl methyl sites for hydroxylation is 2. The fourth-order valence-electron chi connectivity index (χ4n) is 2.94. The summed E-state index contributed by atoms with van der Waals surface area (Å²) in [5.74, 6) is 1.25. The van der Waals surface area contributed by atoms with E-state index in [-0.39, 0.29) is 12.5 Å². The van der Waals surface area contributed by atoms with Crippen LogP contribution in [0.25, 0.3) is 0 Å². The quantitative estimate of drug-likeness (QED) is 0.478. The smallest absolute Gasteiger partial charge is 0.277 e. The number of carbonyl (C=O) groups excluding carboxylic acids is 1. The monoisotopic (exact) mass is 379 g/mol. The van der Waals surface area contributed by atoms with Gasteiger partial charge in [0.15, 0.2) is 6.61 Å². The van der Waals surface area contributed by atoms with Gasteiger partial charge in [0.25, 0.3) is 5.91 Å². The van der Waals surface area contributed by atoms with Crippen molar-refractivity contribution in [2.24, 2.45) is 5.10 Å². The van der Waals surface area contributed by atoms with Crippen molar-refractivity contribution in [2.45, 2.75) is 33.7 Å². The molecule has 0 bridgehead atoms. The third-order valence-electron chi connectivity index (χ3n) is 4.60. The molecule has 1 amide bonds. The zero-order valence-corrected chi connectivity index (χ0v) is 16.4. The summed E-state index contributed by atoms with van der Waals surface area (Å²) in [6.07, 6.45) is 4.29. The lowest BCUT2D eigenvalue weighted by Gasteiger charge is -2.07. The Balaban J connectivity index is 1.53. The van der Waals surface area contributed by atoms with Gasteiger partial charge in [0, 0.05) is 17.0 Å². The highest BCUT2D eigenvalue weighted by atomic mass is 16.5. The van der Waals surface area contributed by atoms with Gasteiger partial charge in [-0.2, -0.15) is 5.10 Å². The van der Waals surface area contributed by atoms with Crippen LogP contribution in [0.5, 0.6) is 5.75 Å². The minimum absolute atomic E-state index is 0.0830. The first-order valence-electron chi connectivity index (χ1n) is 9.29. The SMILES string of the molecule is CCc1ccc(OCC(=O)N/N=C\c2cc(C)n(Cc3ccco3)c2C)cc1. The van der Waals surface area contributed by atoms with E-state index in [9.17, 15) is 4.79 Å². The van der Waals surface area contributed by atoms with E-state index in [1.165, 1.54) is 5.56 Å². The molecule has 0 fully saturated rings. The van der Waals surface area contributed by atoms with Crippen molar-refractivity contribution in [1.82, 2.24) is 9.99 Å². The van der Waals surface area contributed by atoms with Crippen LogP contribution in [0.15, 0.2) is 58.2 Å². The van der Waals surface area contributed by atoms with Gasteiger partial charge in [0.1, 0.15) is 11.5 Å². The molecule has 0 saturated carbocycles. The predicted molar refractivity (Wildman–Crippen MR) is 109 cm³/mol. The zero-order chi connectivity index (χ0) is 19.9. The average molecular weight is 379 g/mol. The number of furan rings is 1. The van der Waals surface area contributed by atoms with Gasteiger partial charge in [-0.05, 0) is 56.2 Å². The molecule has 3 aromatic rings. The molecule has 0 aliphatic carbocycles. The molecule has 0 atom stereocenters. The molecule has 0 radical (unpaired) electrons. The lowest BCUT2D eigenvalue weighted by molar-refractivity contribution is -0.123. The first kappa shape index (κ1) is 19.5. The Hall–Kier alpha value is -3.28. The van der Waals surface area contributed by atoms with Gasteiger partial charge in [-0.3, -0.25) is 4.79 Å². The third kappa shape index (κ3) is 4.91. The highest BCUT2D eigenvalue weighted by Gasteiger charge is 2.09. The molecule has 0 unspecified atom stereocenters. The number of rotatable bonds is 8. The molecule has 0 saturated heterocycles. The number of nitrogens with zero attached hydrogens (tertiary/aromatic N) is 2. The molecule has 3 rings (SSSR count). The normalized spacial score (nSPS) is 11.1. The molecule has 6 nitrogen and oxygen atoms in total. The molecule has 0 aliphatic heterocycles. The molecular weight excluding hydrogens is 354 g/mol. The maximum absolute atomic E-state index is 11.9. The zero-order valence-electron chi connectivity index (χ0n) is 16.4. The van der Waals surface area contributed by atoms with Crippen LogP contribution in [-0.2, 0) is 17.8 Å². The summed E-state index contributed by atoms with van der Waals surface area (Å²) in [7, 11) is 0. The van der Waals surface area contributed by atoms with Crippen molar-refractivity contribution in [3.05, 3.63) is 77.0 Å². The number of benzene rings is 1. The summed E-state index contributed by atoms with van der Waals surface area (Å²) < 4.78 is 13.0. The molecule has 1 N–H and O–H groups in total. The van der Waals surface area contributed by atoms with Crippen LogP contribution < -0.4 is 10.2 Å². The first-order valence-corrected chi connectivity index (χ1v) is 9.29. The molecule has 2 aromatic heterocycles. The Morgan fingerprint density at radius 3 is 2.71 bits per heavy atom. The lowest BCUT2D eigenvalue weighted by atomic mass is 10.2. The maximum atomic E-state index is 11.9. The van der Waals surface area contributed by atoms with E-state index in [2.05, 4.69) is 22.0 Å². The highest BCUT2D eigenvalue weighted by Crippen LogP contribution is 2.16. The molecule has 28 heavy (non-hydrogen) atoms. The van der Waals surface area contributed by atoms with Crippen molar-refractivity contribution in [2.75, 3.05) is 6.61 Å². The van der Waals surface area contributed by atoms with Crippen LogP contribution in [0, 0.1) is 13.8 Å². The second-order valence-corrected chi connectivity index (χ2v) is 6.57. The van der Waals surface area contributed by atoms with E-state index in [0.717, 1.165) is 29.1 Å². The number of hydrazone groups is 1. The van der Waals surface area contributed by atoms with Crippen LogP contribution in [0.2, 0.25) is 0 Å². The Bertz CT molecular complexity index is 938. The van der Waals surface area contributed by atoms with Gasteiger partial charge >= 0.3 is 0 Å². The van der Waals surface area contributed by atoms with Gasteiger partial charge in [-0.1, -0.05) is 19.1 Å². The topological polar surface area (TPSA) is 68.8 Å². The van der Waals surface area contributed by atoms with Crippen LogP contribution in [0.3, 0.4) is 0 Å². The minimum Gasteiger partial charge on any atom is -0.484 e. The molecule has 146 valence electrons. The third-order valence-corrected chi connectivity index (χ3v) is 4.60. The Labute approximate surface area is 164 Å². The second-order valence-electron chi connectivity index (χ2n) is 6.57. The largest absolute Gasteiger partial charge is 0.484 e. The molecule has 1 aromatic carbocycles. The van der Waals surface area contributed by atoms with Crippen LogP contribution >= 0.6 is 0 Å². The molecule has 6 heteroatoms. The van der Waals surface area contributed by atoms with Crippen LogP contribution in [0.1, 0.15) is 35.2 Å².